The van der Waals surface area contributed by atoms with E-state index < -0.39 is 5.92 Å². The largest absolute Gasteiger partial charge is 0.409 e. The average molecular weight is 258 g/mol. The van der Waals surface area contributed by atoms with Crippen LogP contribution in [0.5, 0.6) is 0 Å². The highest BCUT2D eigenvalue weighted by atomic mass is 16.4. The van der Waals surface area contributed by atoms with Gasteiger partial charge < -0.3 is 20.7 Å². The summed E-state index contributed by atoms with van der Waals surface area (Å²) >= 11 is 0. The third kappa shape index (κ3) is 4.60. The average Bonchev–Trinajstić information content (AvgIpc) is 2.33. The predicted octanol–water partition coefficient (Wildman–Crippen LogP) is -0.304. The Hall–Kier alpha value is -1.79. The van der Waals surface area contributed by atoms with E-state index in [9.17, 15) is 9.59 Å². The lowest BCUT2D eigenvalue weighted by Gasteiger charge is -2.23. The van der Waals surface area contributed by atoms with Crippen LogP contribution >= 0.6 is 0 Å². The second kappa shape index (κ2) is 7.52. The van der Waals surface area contributed by atoms with Gasteiger partial charge in [-0.1, -0.05) is 18.5 Å². The fourth-order valence-electron chi connectivity index (χ4n) is 1.44. The third-order valence-electron chi connectivity index (χ3n) is 2.60. The van der Waals surface area contributed by atoms with Gasteiger partial charge in [-0.3, -0.25) is 9.59 Å². The zero-order chi connectivity index (χ0) is 14.3. The Labute approximate surface area is 107 Å². The number of hydrogen-bond donors (Lipinski definition) is 2. The standard InChI is InChI=1S/C11H22N4O3/c1-5-6-8(10(12)13-18)11(17)15(4)7-9(16)14(2)3/h8,18H,5-7H2,1-4H3,(H2,12,13). The SMILES string of the molecule is CCCC(C(=O)N(C)CC(=O)N(C)C)/C(N)=N/O. The van der Waals surface area contributed by atoms with Crippen molar-refractivity contribution in [1.29, 1.82) is 0 Å². The van der Waals surface area contributed by atoms with Gasteiger partial charge in [-0.05, 0) is 6.42 Å². The topological polar surface area (TPSA) is 99.2 Å². The quantitative estimate of drug-likeness (QED) is 0.295. The van der Waals surface area contributed by atoms with Crippen LogP contribution in [0, 0.1) is 5.92 Å². The van der Waals surface area contributed by atoms with Crippen LogP contribution in [0.15, 0.2) is 5.16 Å². The number of likely N-dealkylation sites (N-methyl/N-ethyl adjacent to an activating group) is 2. The number of rotatable bonds is 6. The van der Waals surface area contributed by atoms with Crippen molar-refractivity contribution >= 4 is 17.6 Å². The maximum Gasteiger partial charge on any atom is 0.241 e. The minimum absolute atomic E-state index is 0.0231. The van der Waals surface area contributed by atoms with E-state index in [1.54, 1.807) is 14.1 Å². The molecular weight excluding hydrogens is 236 g/mol. The number of nitrogens with zero attached hydrogens (tertiary/aromatic N) is 3. The van der Waals surface area contributed by atoms with E-state index in [0.29, 0.717) is 6.42 Å². The third-order valence-corrected chi connectivity index (χ3v) is 2.60. The van der Waals surface area contributed by atoms with Gasteiger partial charge in [0.25, 0.3) is 0 Å². The maximum absolute atomic E-state index is 12.1. The predicted molar refractivity (Wildman–Crippen MR) is 68.1 cm³/mol. The second-order valence-electron chi connectivity index (χ2n) is 4.35. The van der Waals surface area contributed by atoms with E-state index in [-0.39, 0.29) is 24.2 Å². The van der Waals surface area contributed by atoms with E-state index in [1.807, 2.05) is 6.92 Å². The summed E-state index contributed by atoms with van der Waals surface area (Å²) in [5.74, 6) is -1.30. The molecule has 1 atom stereocenters. The molecule has 7 heteroatoms. The zero-order valence-electron chi connectivity index (χ0n) is 11.4. The molecule has 0 fully saturated rings. The Morgan fingerprint density at radius 1 is 1.33 bits per heavy atom. The first-order valence-corrected chi connectivity index (χ1v) is 5.77. The van der Waals surface area contributed by atoms with Crippen LogP contribution < -0.4 is 5.73 Å². The molecule has 0 heterocycles. The highest BCUT2D eigenvalue weighted by molar-refractivity contribution is 6.02. The van der Waals surface area contributed by atoms with Crippen molar-refractivity contribution < 1.29 is 14.8 Å². The first-order valence-electron chi connectivity index (χ1n) is 5.77. The maximum atomic E-state index is 12.1. The second-order valence-corrected chi connectivity index (χ2v) is 4.35. The Bertz CT molecular complexity index is 328. The highest BCUT2D eigenvalue weighted by Crippen LogP contribution is 2.10. The summed E-state index contributed by atoms with van der Waals surface area (Å²) in [5.41, 5.74) is 5.49. The van der Waals surface area contributed by atoms with Crippen molar-refractivity contribution in [2.45, 2.75) is 19.8 Å². The summed E-state index contributed by atoms with van der Waals surface area (Å²) in [7, 11) is 4.76. The van der Waals surface area contributed by atoms with Crippen LogP contribution in [-0.4, -0.2) is 60.3 Å². The fourth-order valence-corrected chi connectivity index (χ4v) is 1.44. The molecule has 0 rings (SSSR count). The molecule has 0 spiro atoms. The van der Waals surface area contributed by atoms with Gasteiger partial charge in [-0.25, -0.2) is 0 Å². The minimum Gasteiger partial charge on any atom is -0.409 e. The van der Waals surface area contributed by atoms with Crippen LogP contribution in [0.1, 0.15) is 19.8 Å². The summed E-state index contributed by atoms with van der Waals surface area (Å²) in [6.45, 7) is 1.88. The number of hydrogen-bond acceptors (Lipinski definition) is 4. The van der Waals surface area contributed by atoms with E-state index in [1.165, 1.54) is 16.8 Å². The summed E-state index contributed by atoms with van der Waals surface area (Å²) in [4.78, 5) is 26.3. The van der Waals surface area contributed by atoms with E-state index in [2.05, 4.69) is 5.16 Å². The lowest BCUT2D eigenvalue weighted by Crippen LogP contribution is -2.44. The molecule has 0 aliphatic carbocycles. The Morgan fingerprint density at radius 2 is 1.89 bits per heavy atom. The molecule has 0 saturated heterocycles. The van der Waals surface area contributed by atoms with Crippen LogP contribution in [-0.2, 0) is 9.59 Å². The number of carbonyl (C=O) groups excluding carboxylic acids is 2. The molecule has 104 valence electrons. The van der Waals surface area contributed by atoms with Gasteiger partial charge in [-0.2, -0.15) is 0 Å². The highest BCUT2D eigenvalue weighted by Gasteiger charge is 2.26. The molecule has 7 nitrogen and oxygen atoms in total. The van der Waals surface area contributed by atoms with Gasteiger partial charge in [0.05, 0.1) is 12.5 Å². The molecule has 0 saturated carbocycles. The number of amides is 2. The Morgan fingerprint density at radius 3 is 2.28 bits per heavy atom. The fraction of sp³-hybridized carbons (Fsp3) is 0.727. The minimum atomic E-state index is -0.681. The molecule has 0 radical (unpaired) electrons. The number of oxime groups is 1. The van der Waals surface area contributed by atoms with Crippen molar-refractivity contribution in [3.8, 4) is 0 Å². The normalized spacial score (nSPS) is 13.0. The summed E-state index contributed by atoms with van der Waals surface area (Å²) in [5, 5.41) is 11.5. The summed E-state index contributed by atoms with van der Waals surface area (Å²) < 4.78 is 0. The molecular formula is C11H22N4O3. The van der Waals surface area contributed by atoms with Crippen LogP contribution in [0.2, 0.25) is 0 Å². The van der Waals surface area contributed by atoms with Crippen molar-refractivity contribution in [3.05, 3.63) is 0 Å². The van der Waals surface area contributed by atoms with Crippen molar-refractivity contribution in [3.63, 3.8) is 0 Å². The molecule has 0 aromatic heterocycles. The van der Waals surface area contributed by atoms with Crippen molar-refractivity contribution in [2.75, 3.05) is 27.7 Å². The molecule has 1 unspecified atom stereocenters. The molecule has 0 aliphatic heterocycles. The molecule has 0 aliphatic rings. The van der Waals surface area contributed by atoms with E-state index in [4.69, 9.17) is 10.9 Å². The molecule has 0 aromatic carbocycles. The number of amidine groups is 1. The first-order chi connectivity index (χ1) is 8.34. The number of nitrogens with two attached hydrogens (primary N) is 1. The van der Waals surface area contributed by atoms with Crippen molar-refractivity contribution in [1.82, 2.24) is 9.80 Å². The molecule has 0 bridgehead atoms. The van der Waals surface area contributed by atoms with Gasteiger partial charge in [0, 0.05) is 21.1 Å². The molecule has 0 aromatic rings. The van der Waals surface area contributed by atoms with E-state index >= 15 is 0 Å². The van der Waals surface area contributed by atoms with Crippen LogP contribution in [0.25, 0.3) is 0 Å². The van der Waals surface area contributed by atoms with Gasteiger partial charge in [0.1, 0.15) is 0 Å². The lowest BCUT2D eigenvalue weighted by atomic mass is 10.0. The Kier molecular flexibility index (Phi) is 6.77. The van der Waals surface area contributed by atoms with E-state index in [0.717, 1.165) is 6.42 Å². The molecule has 18 heavy (non-hydrogen) atoms. The molecule has 2 amide bonds. The lowest BCUT2D eigenvalue weighted by molar-refractivity contribution is -0.139. The van der Waals surface area contributed by atoms with Crippen LogP contribution in [0.4, 0.5) is 0 Å². The molecule has 3 N–H and O–H groups in total. The number of carbonyl (C=O) groups is 2. The van der Waals surface area contributed by atoms with Gasteiger partial charge >= 0.3 is 0 Å². The summed E-state index contributed by atoms with van der Waals surface area (Å²) in [6, 6.07) is 0. The van der Waals surface area contributed by atoms with Gasteiger partial charge in [0.2, 0.25) is 11.8 Å². The van der Waals surface area contributed by atoms with Gasteiger partial charge in [-0.15, -0.1) is 0 Å². The smallest absolute Gasteiger partial charge is 0.241 e. The first kappa shape index (κ1) is 16.2. The van der Waals surface area contributed by atoms with Gasteiger partial charge in [0.15, 0.2) is 5.84 Å². The Balaban J connectivity index is 4.72. The monoisotopic (exact) mass is 258 g/mol. The van der Waals surface area contributed by atoms with Crippen molar-refractivity contribution in [2.24, 2.45) is 16.8 Å². The van der Waals surface area contributed by atoms with Crippen LogP contribution in [0.3, 0.4) is 0 Å². The zero-order valence-corrected chi connectivity index (χ0v) is 11.4. The summed E-state index contributed by atoms with van der Waals surface area (Å²) in [6.07, 6.45) is 1.21.